The van der Waals surface area contributed by atoms with Gasteiger partial charge in [-0.25, -0.2) is 4.98 Å². The molecule has 1 aromatic heterocycles. The minimum absolute atomic E-state index is 0.0205. The molecular weight excluding hydrogens is 234 g/mol. The summed E-state index contributed by atoms with van der Waals surface area (Å²) in [6, 6.07) is 3.08. The number of nitrogens with one attached hydrogen (secondary N) is 1. The first-order valence-corrected chi connectivity index (χ1v) is 5.85. The van der Waals surface area contributed by atoms with E-state index in [-0.39, 0.29) is 11.5 Å². The fourth-order valence-electron chi connectivity index (χ4n) is 1.57. The van der Waals surface area contributed by atoms with Gasteiger partial charge in [-0.1, -0.05) is 0 Å². The third kappa shape index (κ3) is 3.96. The van der Waals surface area contributed by atoms with Crippen LogP contribution in [-0.4, -0.2) is 28.7 Å². The van der Waals surface area contributed by atoms with E-state index in [1.165, 1.54) is 6.07 Å². The van der Waals surface area contributed by atoms with E-state index >= 15 is 0 Å². The second-order valence-electron chi connectivity index (χ2n) is 4.62. The van der Waals surface area contributed by atoms with Crippen LogP contribution >= 0.6 is 0 Å². The molecule has 0 bridgehead atoms. The van der Waals surface area contributed by atoms with Crippen LogP contribution in [0.15, 0.2) is 12.1 Å². The molecule has 1 aromatic rings. The zero-order valence-electron chi connectivity index (χ0n) is 11.2. The van der Waals surface area contributed by atoms with E-state index in [2.05, 4.69) is 10.3 Å². The van der Waals surface area contributed by atoms with Crippen LogP contribution in [0.25, 0.3) is 0 Å². The van der Waals surface area contributed by atoms with Crippen molar-refractivity contribution < 1.29 is 9.66 Å². The Bertz CT molecular complexity index is 433. The molecule has 1 N–H and O–H groups in total. The van der Waals surface area contributed by atoms with Gasteiger partial charge in [0.05, 0.1) is 10.5 Å². The molecule has 1 rings (SSSR count). The highest BCUT2D eigenvalue weighted by atomic mass is 16.6. The summed E-state index contributed by atoms with van der Waals surface area (Å²) < 4.78 is 5.52. The van der Waals surface area contributed by atoms with Gasteiger partial charge in [-0.3, -0.25) is 10.1 Å². The summed E-state index contributed by atoms with van der Waals surface area (Å²) in [7, 11) is 0. The van der Waals surface area contributed by atoms with E-state index in [4.69, 9.17) is 4.74 Å². The molecule has 0 aromatic carbocycles. The number of rotatable bonds is 6. The summed E-state index contributed by atoms with van der Waals surface area (Å²) in [5.41, 5.74) is 0.318. The van der Waals surface area contributed by atoms with Gasteiger partial charge in [0.15, 0.2) is 0 Å². The lowest BCUT2D eigenvalue weighted by molar-refractivity contribution is -0.384. The maximum Gasteiger partial charge on any atom is 0.311 e. The number of pyridine rings is 1. The molecule has 18 heavy (non-hydrogen) atoms. The molecule has 0 spiro atoms. The summed E-state index contributed by atoms with van der Waals surface area (Å²) in [5.74, 6) is 0.285. The van der Waals surface area contributed by atoms with E-state index in [1.54, 1.807) is 13.0 Å². The van der Waals surface area contributed by atoms with Crippen LogP contribution in [-0.2, 0) is 4.74 Å². The molecule has 0 unspecified atom stereocenters. The fraction of sp³-hybridized carbons (Fsp3) is 0.583. The summed E-state index contributed by atoms with van der Waals surface area (Å²) in [4.78, 5) is 14.6. The normalized spacial score (nSPS) is 11.3. The average molecular weight is 253 g/mol. The Labute approximate surface area is 107 Å². The quantitative estimate of drug-likeness (QED) is 0.622. The molecule has 0 aliphatic heterocycles. The standard InChI is InChI=1S/C12H19N3O3/c1-5-18-12(3,4)8-13-11-10(15(16)17)7-6-9(2)14-11/h6-7H,5,8H2,1-4H3,(H,13,14). The smallest absolute Gasteiger partial charge is 0.311 e. The van der Waals surface area contributed by atoms with Crippen LogP contribution in [0.4, 0.5) is 11.5 Å². The lowest BCUT2D eigenvalue weighted by atomic mass is 10.1. The Morgan fingerprint density at radius 2 is 2.17 bits per heavy atom. The second-order valence-corrected chi connectivity index (χ2v) is 4.62. The fourth-order valence-corrected chi connectivity index (χ4v) is 1.57. The Balaban J connectivity index is 2.83. The first-order valence-electron chi connectivity index (χ1n) is 5.85. The van der Waals surface area contributed by atoms with Gasteiger partial charge in [0.2, 0.25) is 5.82 Å². The van der Waals surface area contributed by atoms with Gasteiger partial charge in [-0.15, -0.1) is 0 Å². The van der Waals surface area contributed by atoms with Gasteiger partial charge in [0.25, 0.3) is 0 Å². The first kappa shape index (κ1) is 14.4. The SMILES string of the molecule is CCOC(C)(C)CNc1nc(C)ccc1[N+](=O)[O-]. The highest BCUT2D eigenvalue weighted by Gasteiger charge is 2.21. The van der Waals surface area contributed by atoms with Crippen molar-refractivity contribution in [3.63, 3.8) is 0 Å². The highest BCUT2D eigenvalue weighted by Crippen LogP contribution is 2.23. The van der Waals surface area contributed by atoms with Crippen molar-refractivity contribution in [2.45, 2.75) is 33.3 Å². The Morgan fingerprint density at radius 3 is 2.72 bits per heavy atom. The van der Waals surface area contributed by atoms with E-state index in [9.17, 15) is 10.1 Å². The van der Waals surface area contributed by atoms with Crippen LogP contribution in [0.3, 0.4) is 0 Å². The van der Waals surface area contributed by atoms with Crippen LogP contribution in [0.2, 0.25) is 0 Å². The first-order chi connectivity index (χ1) is 8.35. The van der Waals surface area contributed by atoms with Crippen LogP contribution in [0.1, 0.15) is 26.5 Å². The van der Waals surface area contributed by atoms with Crippen molar-refractivity contribution in [1.29, 1.82) is 0 Å². The number of aromatic nitrogens is 1. The second kappa shape index (κ2) is 5.77. The largest absolute Gasteiger partial charge is 0.374 e. The number of nitrogens with zero attached hydrogens (tertiary/aromatic N) is 2. The predicted octanol–water partition coefficient (Wildman–Crippen LogP) is 2.53. The summed E-state index contributed by atoms with van der Waals surface area (Å²) >= 11 is 0. The minimum atomic E-state index is -0.442. The topological polar surface area (TPSA) is 77.3 Å². The summed E-state index contributed by atoms with van der Waals surface area (Å²) in [5, 5.41) is 13.9. The molecule has 0 saturated carbocycles. The van der Waals surface area contributed by atoms with Crippen LogP contribution in [0.5, 0.6) is 0 Å². The number of hydrogen-bond donors (Lipinski definition) is 1. The summed E-state index contributed by atoms with van der Waals surface area (Å²) in [6.45, 7) is 8.60. The maximum absolute atomic E-state index is 10.9. The van der Waals surface area contributed by atoms with E-state index in [1.807, 2.05) is 20.8 Å². The van der Waals surface area contributed by atoms with Gasteiger partial charge in [-0.05, 0) is 33.8 Å². The Kier molecular flexibility index (Phi) is 4.61. The number of hydrogen-bond acceptors (Lipinski definition) is 5. The van der Waals surface area contributed by atoms with Crippen molar-refractivity contribution in [2.24, 2.45) is 0 Å². The zero-order valence-corrected chi connectivity index (χ0v) is 11.2. The number of nitro groups is 1. The molecule has 100 valence electrons. The van der Waals surface area contributed by atoms with Crippen LogP contribution < -0.4 is 5.32 Å². The lowest BCUT2D eigenvalue weighted by Gasteiger charge is -2.25. The Morgan fingerprint density at radius 1 is 1.50 bits per heavy atom. The predicted molar refractivity (Wildman–Crippen MR) is 69.8 cm³/mol. The van der Waals surface area contributed by atoms with Gasteiger partial charge in [0.1, 0.15) is 0 Å². The molecule has 6 nitrogen and oxygen atoms in total. The molecule has 0 amide bonds. The van der Waals surface area contributed by atoms with Gasteiger partial charge in [-0.2, -0.15) is 0 Å². The van der Waals surface area contributed by atoms with Crippen LogP contribution in [0, 0.1) is 17.0 Å². The molecule has 0 atom stereocenters. The van der Waals surface area contributed by atoms with E-state index in [0.717, 1.165) is 5.69 Å². The van der Waals surface area contributed by atoms with E-state index < -0.39 is 10.5 Å². The van der Waals surface area contributed by atoms with E-state index in [0.29, 0.717) is 13.2 Å². The van der Waals surface area contributed by atoms with Crippen molar-refractivity contribution >= 4 is 11.5 Å². The van der Waals surface area contributed by atoms with Gasteiger partial charge in [0, 0.05) is 24.9 Å². The molecule has 1 heterocycles. The van der Waals surface area contributed by atoms with Gasteiger partial charge < -0.3 is 10.1 Å². The van der Waals surface area contributed by atoms with Crippen molar-refractivity contribution in [2.75, 3.05) is 18.5 Å². The van der Waals surface area contributed by atoms with Gasteiger partial charge >= 0.3 is 5.69 Å². The molecule has 0 saturated heterocycles. The molecular formula is C12H19N3O3. The Hall–Kier alpha value is -1.69. The number of anilines is 1. The monoisotopic (exact) mass is 253 g/mol. The highest BCUT2D eigenvalue weighted by molar-refractivity contribution is 5.56. The molecule has 0 aliphatic carbocycles. The number of aryl methyl sites for hydroxylation is 1. The maximum atomic E-state index is 10.9. The van der Waals surface area contributed by atoms with Crippen molar-refractivity contribution in [3.05, 3.63) is 27.9 Å². The van der Waals surface area contributed by atoms with Crippen molar-refractivity contribution in [1.82, 2.24) is 4.98 Å². The average Bonchev–Trinajstić information content (AvgIpc) is 2.26. The third-order valence-corrected chi connectivity index (χ3v) is 2.43. The third-order valence-electron chi connectivity index (χ3n) is 2.43. The zero-order chi connectivity index (χ0) is 13.8. The summed E-state index contributed by atoms with van der Waals surface area (Å²) in [6.07, 6.45) is 0. The molecule has 6 heteroatoms. The van der Waals surface area contributed by atoms with Crippen molar-refractivity contribution in [3.8, 4) is 0 Å². The molecule has 0 fully saturated rings. The minimum Gasteiger partial charge on any atom is -0.374 e. The molecule has 0 radical (unpaired) electrons. The lowest BCUT2D eigenvalue weighted by Crippen LogP contribution is -2.33. The molecule has 0 aliphatic rings. The number of ether oxygens (including phenoxy) is 1.